The van der Waals surface area contributed by atoms with Gasteiger partial charge in [-0.2, -0.15) is 4.98 Å². The molecular weight excluding hydrogens is 455 g/mol. The molecule has 0 spiro atoms. The molecule has 9 nitrogen and oxygen atoms in total. The molecule has 0 bridgehead atoms. The molecule has 1 aliphatic heterocycles. The lowest BCUT2D eigenvalue weighted by molar-refractivity contribution is 0.179. The first-order valence-electron chi connectivity index (χ1n) is 10.5. The zero-order chi connectivity index (χ0) is 23.1. The largest absolute Gasteiger partial charge is 0.394 e. The van der Waals surface area contributed by atoms with Crippen molar-refractivity contribution in [2.24, 2.45) is 0 Å². The van der Waals surface area contributed by atoms with Gasteiger partial charge in [0.1, 0.15) is 5.02 Å². The van der Waals surface area contributed by atoms with E-state index < -0.39 is 6.04 Å². The summed E-state index contributed by atoms with van der Waals surface area (Å²) in [5, 5.41) is 26.0. The Labute approximate surface area is 197 Å². The normalized spacial score (nSPS) is 15.9. The molecule has 11 heteroatoms. The molecule has 1 aliphatic rings. The molecule has 1 aromatic carbocycles. The Hall–Kier alpha value is -2.33. The van der Waals surface area contributed by atoms with E-state index in [2.05, 4.69) is 20.6 Å². The topological polar surface area (TPSA) is 114 Å². The van der Waals surface area contributed by atoms with Crippen molar-refractivity contribution in [1.29, 1.82) is 0 Å². The van der Waals surface area contributed by atoms with Crippen molar-refractivity contribution in [3.63, 3.8) is 0 Å². The lowest BCUT2D eigenvalue weighted by atomic mass is 10.1. The Bertz CT molecular complexity index is 907. The van der Waals surface area contributed by atoms with Crippen molar-refractivity contribution in [2.45, 2.75) is 25.4 Å². The molecule has 2 aromatic rings. The Kier molecular flexibility index (Phi) is 8.75. The van der Waals surface area contributed by atoms with Gasteiger partial charge in [0.2, 0.25) is 5.95 Å². The van der Waals surface area contributed by atoms with Crippen LogP contribution in [-0.2, 0) is 0 Å². The number of carbonyl (C=O) groups is 1. The number of aliphatic hydroxyl groups excluding tert-OH is 2. The lowest BCUT2D eigenvalue weighted by Crippen LogP contribution is -2.52. The van der Waals surface area contributed by atoms with Gasteiger partial charge in [0, 0.05) is 31.2 Å². The smallest absolute Gasteiger partial charge is 0.318 e. The van der Waals surface area contributed by atoms with E-state index in [-0.39, 0.29) is 25.3 Å². The monoisotopic (exact) mass is 482 g/mol. The molecule has 4 N–H and O–H groups in total. The van der Waals surface area contributed by atoms with E-state index in [9.17, 15) is 15.0 Å². The van der Waals surface area contributed by atoms with Crippen molar-refractivity contribution in [3.8, 4) is 0 Å². The van der Waals surface area contributed by atoms with Crippen LogP contribution in [0.15, 0.2) is 30.5 Å². The minimum absolute atomic E-state index is 0.0182. The van der Waals surface area contributed by atoms with Gasteiger partial charge in [-0.3, -0.25) is 0 Å². The number of rotatable bonds is 8. The van der Waals surface area contributed by atoms with Crippen molar-refractivity contribution in [3.05, 3.63) is 46.1 Å². The molecule has 2 amide bonds. The maximum atomic E-state index is 12.7. The third-order valence-corrected chi connectivity index (χ3v) is 5.87. The van der Waals surface area contributed by atoms with Crippen LogP contribution in [0.25, 0.3) is 0 Å². The molecule has 2 heterocycles. The summed E-state index contributed by atoms with van der Waals surface area (Å²) in [6.07, 6.45) is 2.27. The molecule has 0 aliphatic carbocycles. The van der Waals surface area contributed by atoms with E-state index in [1.54, 1.807) is 23.1 Å². The van der Waals surface area contributed by atoms with Crippen LogP contribution in [0.1, 0.15) is 24.9 Å². The van der Waals surface area contributed by atoms with E-state index in [0.29, 0.717) is 48.0 Å². The molecule has 2 atom stereocenters. The van der Waals surface area contributed by atoms with Crippen LogP contribution in [0, 0.1) is 0 Å². The second-order valence-electron chi connectivity index (χ2n) is 7.51. The van der Waals surface area contributed by atoms with Crippen LogP contribution in [0.3, 0.4) is 0 Å². The highest BCUT2D eigenvalue weighted by molar-refractivity contribution is 6.32. The maximum absolute atomic E-state index is 12.7. The number of anilines is 2. The number of aromatic nitrogens is 2. The highest BCUT2D eigenvalue weighted by Crippen LogP contribution is 2.25. The van der Waals surface area contributed by atoms with Gasteiger partial charge in [-0.05, 0) is 24.1 Å². The van der Waals surface area contributed by atoms with E-state index >= 15 is 0 Å². The highest BCUT2D eigenvalue weighted by atomic mass is 35.5. The van der Waals surface area contributed by atoms with Crippen LogP contribution in [0.2, 0.25) is 10.0 Å². The Morgan fingerprint density at radius 3 is 2.56 bits per heavy atom. The zero-order valence-corrected chi connectivity index (χ0v) is 19.4. The summed E-state index contributed by atoms with van der Waals surface area (Å²) in [5.74, 6) is 0.988. The molecule has 1 fully saturated rings. The van der Waals surface area contributed by atoms with Crippen LogP contribution >= 0.6 is 23.2 Å². The fourth-order valence-corrected chi connectivity index (χ4v) is 3.84. The van der Waals surface area contributed by atoms with Gasteiger partial charge in [0.05, 0.1) is 31.5 Å². The summed E-state index contributed by atoms with van der Waals surface area (Å²) < 4.78 is 0. The summed E-state index contributed by atoms with van der Waals surface area (Å²) in [7, 11) is 0. The standard InChI is InChI=1S/C21H28Cl2N6O3/c1-2-16(12-30)25-20-24-11-17(23)19(27-20)28-6-8-29(9-7-28)21(32)26-18(13-31)14-4-3-5-15(22)10-14/h3-5,10-11,16,18,30-31H,2,6-9,12-13H2,1H3,(H,26,32)(H,24,25,27)/t16-,18+/m0/s1. The molecule has 0 saturated carbocycles. The van der Waals surface area contributed by atoms with E-state index in [0.717, 1.165) is 12.0 Å². The van der Waals surface area contributed by atoms with Gasteiger partial charge < -0.3 is 30.6 Å². The first-order valence-corrected chi connectivity index (χ1v) is 11.3. The highest BCUT2D eigenvalue weighted by Gasteiger charge is 2.25. The van der Waals surface area contributed by atoms with E-state index in [1.165, 1.54) is 6.20 Å². The van der Waals surface area contributed by atoms with Crippen molar-refractivity contribution in [2.75, 3.05) is 49.6 Å². The first-order chi connectivity index (χ1) is 15.4. The van der Waals surface area contributed by atoms with Gasteiger partial charge in [0.15, 0.2) is 5.82 Å². The number of benzene rings is 1. The summed E-state index contributed by atoms with van der Waals surface area (Å²) >= 11 is 12.4. The number of halogens is 2. The van der Waals surface area contributed by atoms with Crippen LogP contribution in [0.4, 0.5) is 16.6 Å². The third-order valence-electron chi connectivity index (χ3n) is 5.37. The number of amides is 2. The van der Waals surface area contributed by atoms with Crippen molar-refractivity contribution >= 4 is 41.0 Å². The average Bonchev–Trinajstić information content (AvgIpc) is 2.82. The molecule has 1 saturated heterocycles. The molecule has 3 rings (SSSR count). The Morgan fingerprint density at radius 1 is 1.19 bits per heavy atom. The number of carbonyl (C=O) groups excluding carboxylic acids is 1. The van der Waals surface area contributed by atoms with E-state index in [1.807, 2.05) is 17.9 Å². The summed E-state index contributed by atoms with van der Waals surface area (Å²) in [6, 6.07) is 6.13. The average molecular weight is 483 g/mol. The third kappa shape index (κ3) is 6.13. The number of piperazine rings is 1. The van der Waals surface area contributed by atoms with Gasteiger partial charge in [-0.1, -0.05) is 42.3 Å². The number of nitrogens with one attached hydrogen (secondary N) is 2. The molecule has 0 radical (unpaired) electrons. The van der Waals surface area contributed by atoms with Gasteiger partial charge >= 0.3 is 6.03 Å². The van der Waals surface area contributed by atoms with E-state index in [4.69, 9.17) is 23.2 Å². The summed E-state index contributed by atoms with van der Waals surface area (Å²) in [5.41, 5.74) is 0.744. The van der Waals surface area contributed by atoms with Crippen LogP contribution in [0.5, 0.6) is 0 Å². The zero-order valence-electron chi connectivity index (χ0n) is 17.8. The van der Waals surface area contributed by atoms with Crippen LogP contribution in [-0.4, -0.2) is 76.5 Å². The van der Waals surface area contributed by atoms with Gasteiger partial charge in [-0.15, -0.1) is 0 Å². The predicted molar refractivity (Wildman–Crippen MR) is 125 cm³/mol. The molecule has 32 heavy (non-hydrogen) atoms. The van der Waals surface area contributed by atoms with Crippen molar-refractivity contribution in [1.82, 2.24) is 20.2 Å². The fourth-order valence-electron chi connectivity index (χ4n) is 3.43. The van der Waals surface area contributed by atoms with Crippen LogP contribution < -0.4 is 15.5 Å². The summed E-state index contributed by atoms with van der Waals surface area (Å²) in [4.78, 5) is 25.1. The van der Waals surface area contributed by atoms with Gasteiger partial charge in [-0.25, -0.2) is 9.78 Å². The second kappa shape index (κ2) is 11.5. The minimum atomic E-state index is -0.540. The first kappa shape index (κ1) is 24.3. The number of aliphatic hydroxyl groups is 2. The lowest BCUT2D eigenvalue weighted by Gasteiger charge is -2.36. The summed E-state index contributed by atoms with van der Waals surface area (Å²) in [6.45, 7) is 3.74. The SMILES string of the molecule is CC[C@@H](CO)Nc1ncc(Cl)c(N2CCN(C(=O)N[C@H](CO)c3cccc(Cl)c3)CC2)n1. The van der Waals surface area contributed by atoms with Crippen molar-refractivity contribution < 1.29 is 15.0 Å². The molecule has 1 aromatic heterocycles. The number of urea groups is 1. The maximum Gasteiger partial charge on any atom is 0.318 e. The van der Waals surface area contributed by atoms with Gasteiger partial charge in [0.25, 0.3) is 0 Å². The molecule has 174 valence electrons. The second-order valence-corrected chi connectivity index (χ2v) is 8.35. The Balaban J connectivity index is 1.60. The molecular formula is C21H28Cl2N6O3. The number of hydrogen-bond acceptors (Lipinski definition) is 7. The fraction of sp³-hybridized carbons (Fsp3) is 0.476. The number of nitrogens with zero attached hydrogens (tertiary/aromatic N) is 4. The minimum Gasteiger partial charge on any atom is -0.394 e. The quantitative estimate of drug-likeness (QED) is 0.456. The number of hydrogen-bond donors (Lipinski definition) is 4. The molecule has 0 unspecified atom stereocenters. The predicted octanol–water partition coefficient (Wildman–Crippen LogP) is 2.53. The Morgan fingerprint density at radius 2 is 1.94 bits per heavy atom.